The Hall–Kier alpha value is -1.92. The topological polar surface area (TPSA) is 72.2 Å². The zero-order chi connectivity index (χ0) is 15.6. The Kier molecular flexibility index (Phi) is 4.59. The van der Waals surface area contributed by atoms with Crippen LogP contribution in [-0.2, 0) is 0 Å². The highest BCUT2D eigenvalue weighted by molar-refractivity contribution is 9.10. The number of hydrogen-bond donors (Lipinski definition) is 1. The molecule has 0 aliphatic heterocycles. The van der Waals surface area contributed by atoms with Crippen molar-refractivity contribution in [3.05, 3.63) is 67.1 Å². The number of benzene rings is 2. The lowest BCUT2D eigenvalue weighted by atomic mass is 10.1. The van der Waals surface area contributed by atoms with E-state index in [-0.39, 0.29) is 11.3 Å². The SMILES string of the molecule is Cc1c(Cl)cccc1NC(=O)c1cc([N+](=O)[O-])ccc1Br. The van der Waals surface area contributed by atoms with Gasteiger partial charge >= 0.3 is 0 Å². The molecule has 1 amide bonds. The van der Waals surface area contributed by atoms with Gasteiger partial charge in [-0.2, -0.15) is 0 Å². The van der Waals surface area contributed by atoms with Crippen molar-refractivity contribution in [2.45, 2.75) is 6.92 Å². The van der Waals surface area contributed by atoms with Gasteiger partial charge in [0.15, 0.2) is 0 Å². The summed E-state index contributed by atoms with van der Waals surface area (Å²) in [5, 5.41) is 14.0. The predicted octanol–water partition coefficient (Wildman–Crippen LogP) is 4.57. The maximum atomic E-state index is 12.3. The number of nitro benzene ring substituents is 1. The monoisotopic (exact) mass is 368 g/mol. The van der Waals surface area contributed by atoms with Crippen molar-refractivity contribution < 1.29 is 9.72 Å². The second-order valence-corrected chi connectivity index (χ2v) is 5.55. The fourth-order valence-corrected chi connectivity index (χ4v) is 2.33. The smallest absolute Gasteiger partial charge is 0.270 e. The predicted molar refractivity (Wildman–Crippen MR) is 84.9 cm³/mol. The molecule has 5 nitrogen and oxygen atoms in total. The minimum absolute atomic E-state index is 0.147. The van der Waals surface area contributed by atoms with Crippen LogP contribution in [0.1, 0.15) is 15.9 Å². The van der Waals surface area contributed by atoms with Gasteiger partial charge in [0.25, 0.3) is 11.6 Å². The average molecular weight is 370 g/mol. The van der Waals surface area contributed by atoms with E-state index in [0.29, 0.717) is 15.2 Å². The molecule has 2 aromatic rings. The summed E-state index contributed by atoms with van der Waals surface area (Å²) in [6, 6.07) is 9.16. The van der Waals surface area contributed by atoms with Crippen LogP contribution in [0, 0.1) is 17.0 Å². The normalized spacial score (nSPS) is 10.2. The molecule has 0 spiro atoms. The van der Waals surface area contributed by atoms with E-state index in [0.717, 1.165) is 5.56 Å². The van der Waals surface area contributed by atoms with E-state index in [4.69, 9.17) is 11.6 Å². The first kappa shape index (κ1) is 15.5. The Morgan fingerprint density at radius 2 is 2.05 bits per heavy atom. The molecule has 0 fully saturated rings. The quantitative estimate of drug-likeness (QED) is 0.636. The van der Waals surface area contributed by atoms with Crippen molar-refractivity contribution in [2.24, 2.45) is 0 Å². The molecule has 2 rings (SSSR count). The third kappa shape index (κ3) is 3.40. The van der Waals surface area contributed by atoms with Gasteiger partial charge in [-0.25, -0.2) is 0 Å². The molecule has 0 bridgehead atoms. The molecule has 1 N–H and O–H groups in total. The van der Waals surface area contributed by atoms with Crippen LogP contribution >= 0.6 is 27.5 Å². The summed E-state index contributed by atoms with van der Waals surface area (Å²) in [6.07, 6.45) is 0. The summed E-state index contributed by atoms with van der Waals surface area (Å²) in [5.41, 5.74) is 1.33. The van der Waals surface area contributed by atoms with E-state index < -0.39 is 10.8 Å². The van der Waals surface area contributed by atoms with Crippen LogP contribution in [0.3, 0.4) is 0 Å². The van der Waals surface area contributed by atoms with Crippen LogP contribution in [0.5, 0.6) is 0 Å². The first-order chi connectivity index (χ1) is 9.90. The van der Waals surface area contributed by atoms with Gasteiger partial charge in [0.2, 0.25) is 0 Å². The van der Waals surface area contributed by atoms with E-state index in [9.17, 15) is 14.9 Å². The van der Waals surface area contributed by atoms with Crippen LogP contribution in [0.25, 0.3) is 0 Å². The van der Waals surface area contributed by atoms with Gasteiger partial charge < -0.3 is 5.32 Å². The maximum Gasteiger partial charge on any atom is 0.270 e. The fourth-order valence-electron chi connectivity index (χ4n) is 1.73. The molecular weight excluding hydrogens is 360 g/mol. The lowest BCUT2D eigenvalue weighted by molar-refractivity contribution is -0.384. The third-order valence-electron chi connectivity index (χ3n) is 2.92. The zero-order valence-corrected chi connectivity index (χ0v) is 13.2. The van der Waals surface area contributed by atoms with Gasteiger partial charge in [-0.1, -0.05) is 17.7 Å². The molecule has 0 saturated heterocycles. The van der Waals surface area contributed by atoms with Crippen molar-refractivity contribution in [2.75, 3.05) is 5.32 Å². The number of anilines is 1. The first-order valence-corrected chi connectivity index (χ1v) is 7.07. The lowest BCUT2D eigenvalue weighted by Crippen LogP contribution is -2.13. The van der Waals surface area contributed by atoms with E-state index in [1.54, 1.807) is 25.1 Å². The summed E-state index contributed by atoms with van der Waals surface area (Å²) >= 11 is 9.21. The number of amides is 1. The third-order valence-corrected chi connectivity index (χ3v) is 4.02. The standard InChI is InChI=1S/C14H10BrClN2O3/c1-8-12(16)3-2-4-13(8)17-14(19)10-7-9(18(20)21)5-6-11(10)15/h2-7H,1H3,(H,17,19). The number of nitrogens with one attached hydrogen (secondary N) is 1. The number of carbonyl (C=O) groups is 1. The second kappa shape index (κ2) is 6.24. The molecule has 0 aromatic heterocycles. The summed E-state index contributed by atoms with van der Waals surface area (Å²) in [5.74, 6) is -0.448. The van der Waals surface area contributed by atoms with Gasteiger partial charge in [0.05, 0.1) is 10.5 Å². The molecule has 0 aliphatic carbocycles. The number of rotatable bonds is 3. The Bertz CT molecular complexity index is 734. The highest BCUT2D eigenvalue weighted by Gasteiger charge is 2.16. The van der Waals surface area contributed by atoms with Gasteiger partial charge in [0, 0.05) is 27.3 Å². The molecule has 0 radical (unpaired) electrons. The molecule has 0 aliphatic rings. The molecule has 0 heterocycles. The summed E-state index contributed by atoms with van der Waals surface area (Å²) in [7, 11) is 0. The molecule has 2 aromatic carbocycles. The summed E-state index contributed by atoms with van der Waals surface area (Å²) < 4.78 is 0.477. The molecule has 0 unspecified atom stereocenters. The summed E-state index contributed by atoms with van der Waals surface area (Å²) in [6.45, 7) is 1.78. The van der Waals surface area contributed by atoms with Gasteiger partial charge in [-0.05, 0) is 46.6 Å². The molecular formula is C14H10BrClN2O3. The molecule has 0 atom stereocenters. The number of non-ortho nitro benzene ring substituents is 1. The van der Waals surface area contributed by atoms with Crippen molar-refractivity contribution in [1.29, 1.82) is 0 Å². The largest absolute Gasteiger partial charge is 0.322 e. The van der Waals surface area contributed by atoms with Crippen LogP contribution in [-0.4, -0.2) is 10.8 Å². The van der Waals surface area contributed by atoms with Crippen molar-refractivity contribution in [3.63, 3.8) is 0 Å². The Morgan fingerprint density at radius 3 is 2.71 bits per heavy atom. The minimum Gasteiger partial charge on any atom is -0.322 e. The number of hydrogen-bond acceptors (Lipinski definition) is 3. The molecule has 0 saturated carbocycles. The van der Waals surface area contributed by atoms with Gasteiger partial charge in [-0.3, -0.25) is 14.9 Å². The van der Waals surface area contributed by atoms with Crippen molar-refractivity contribution in [1.82, 2.24) is 0 Å². The first-order valence-electron chi connectivity index (χ1n) is 5.90. The van der Waals surface area contributed by atoms with Crippen molar-refractivity contribution >= 4 is 44.8 Å². The van der Waals surface area contributed by atoms with E-state index in [1.165, 1.54) is 18.2 Å². The van der Waals surface area contributed by atoms with Crippen LogP contribution in [0.2, 0.25) is 5.02 Å². The van der Waals surface area contributed by atoms with Crippen LogP contribution in [0.4, 0.5) is 11.4 Å². The van der Waals surface area contributed by atoms with E-state index in [1.807, 2.05) is 0 Å². The zero-order valence-electron chi connectivity index (χ0n) is 10.9. The van der Waals surface area contributed by atoms with E-state index >= 15 is 0 Å². The minimum atomic E-state index is -0.548. The fraction of sp³-hybridized carbons (Fsp3) is 0.0714. The second-order valence-electron chi connectivity index (χ2n) is 4.29. The van der Waals surface area contributed by atoms with Crippen LogP contribution < -0.4 is 5.32 Å². The van der Waals surface area contributed by atoms with E-state index in [2.05, 4.69) is 21.2 Å². The number of nitrogens with zero attached hydrogens (tertiary/aromatic N) is 1. The van der Waals surface area contributed by atoms with Crippen molar-refractivity contribution in [3.8, 4) is 0 Å². The molecule has 21 heavy (non-hydrogen) atoms. The number of carbonyl (C=O) groups excluding carboxylic acids is 1. The summed E-state index contributed by atoms with van der Waals surface area (Å²) in [4.78, 5) is 22.5. The van der Waals surface area contributed by atoms with Gasteiger partial charge in [-0.15, -0.1) is 0 Å². The Morgan fingerprint density at radius 1 is 1.33 bits per heavy atom. The van der Waals surface area contributed by atoms with Gasteiger partial charge in [0.1, 0.15) is 0 Å². The average Bonchev–Trinajstić information content (AvgIpc) is 2.44. The number of nitro groups is 1. The Balaban J connectivity index is 2.34. The highest BCUT2D eigenvalue weighted by atomic mass is 79.9. The maximum absolute atomic E-state index is 12.3. The highest BCUT2D eigenvalue weighted by Crippen LogP contribution is 2.26. The lowest BCUT2D eigenvalue weighted by Gasteiger charge is -2.10. The molecule has 108 valence electrons. The Labute approximate surface area is 134 Å². The molecule has 7 heteroatoms. The number of halogens is 2. The van der Waals surface area contributed by atoms with Crippen LogP contribution in [0.15, 0.2) is 40.9 Å².